The average Bonchev–Trinajstić information content (AvgIpc) is 2.29. The summed E-state index contributed by atoms with van der Waals surface area (Å²) in [4.78, 5) is 13.6. The molecule has 0 bridgehead atoms. The van der Waals surface area contributed by atoms with Crippen molar-refractivity contribution < 1.29 is 4.79 Å². The van der Waals surface area contributed by atoms with Gasteiger partial charge in [0, 0.05) is 25.0 Å². The quantitative estimate of drug-likeness (QED) is 0.793. The van der Waals surface area contributed by atoms with Crippen molar-refractivity contribution in [3.8, 4) is 0 Å². The number of anilines is 1. The van der Waals surface area contributed by atoms with E-state index < -0.39 is 0 Å². The summed E-state index contributed by atoms with van der Waals surface area (Å²) in [6.45, 7) is 0.801. The molecule has 0 saturated carbocycles. The van der Waals surface area contributed by atoms with Crippen molar-refractivity contribution in [2.45, 2.75) is 6.42 Å². The van der Waals surface area contributed by atoms with Crippen molar-refractivity contribution in [3.63, 3.8) is 0 Å². The standard InChI is InChI=1S/C12H18N2OS/c1-14(7-8-16-2)12(15)9-10-3-5-11(13)6-4-10/h3-6H,7-9,13H2,1-2H3. The molecule has 88 valence electrons. The predicted octanol–water partition coefficient (Wildman–Crippen LogP) is 1.63. The number of rotatable bonds is 5. The maximum absolute atomic E-state index is 11.8. The fraction of sp³-hybridized carbons (Fsp3) is 0.417. The molecule has 0 unspecified atom stereocenters. The van der Waals surface area contributed by atoms with Gasteiger partial charge in [-0.2, -0.15) is 11.8 Å². The number of nitrogens with two attached hydrogens (primary N) is 1. The van der Waals surface area contributed by atoms with Gasteiger partial charge in [0.25, 0.3) is 0 Å². The first kappa shape index (κ1) is 12.9. The van der Waals surface area contributed by atoms with Gasteiger partial charge in [0.2, 0.25) is 5.91 Å². The van der Waals surface area contributed by atoms with Gasteiger partial charge in [-0.15, -0.1) is 0 Å². The zero-order valence-corrected chi connectivity index (χ0v) is 10.6. The van der Waals surface area contributed by atoms with Gasteiger partial charge >= 0.3 is 0 Å². The first-order valence-electron chi connectivity index (χ1n) is 5.21. The third-order valence-electron chi connectivity index (χ3n) is 2.39. The smallest absolute Gasteiger partial charge is 0.226 e. The second-order valence-corrected chi connectivity index (χ2v) is 4.71. The molecule has 16 heavy (non-hydrogen) atoms. The molecule has 1 aromatic rings. The molecule has 0 saturated heterocycles. The summed E-state index contributed by atoms with van der Waals surface area (Å²) in [5.74, 6) is 1.13. The predicted molar refractivity (Wildman–Crippen MR) is 70.6 cm³/mol. The highest BCUT2D eigenvalue weighted by Gasteiger charge is 2.08. The number of hydrogen-bond donors (Lipinski definition) is 1. The van der Waals surface area contributed by atoms with E-state index in [1.165, 1.54) is 0 Å². The molecule has 0 spiro atoms. The highest BCUT2D eigenvalue weighted by Crippen LogP contribution is 2.07. The molecule has 0 radical (unpaired) electrons. The topological polar surface area (TPSA) is 46.3 Å². The van der Waals surface area contributed by atoms with Crippen LogP contribution in [0.4, 0.5) is 5.69 Å². The van der Waals surface area contributed by atoms with Gasteiger partial charge in [-0.05, 0) is 24.0 Å². The number of carbonyl (C=O) groups is 1. The number of carbonyl (C=O) groups excluding carboxylic acids is 1. The van der Waals surface area contributed by atoms with Gasteiger partial charge in [-0.1, -0.05) is 12.1 Å². The summed E-state index contributed by atoms with van der Waals surface area (Å²) in [6, 6.07) is 7.44. The lowest BCUT2D eigenvalue weighted by Gasteiger charge is -2.16. The lowest BCUT2D eigenvalue weighted by Crippen LogP contribution is -2.30. The number of benzene rings is 1. The Labute approximate surface area is 101 Å². The minimum atomic E-state index is 0.152. The Morgan fingerprint density at radius 1 is 1.38 bits per heavy atom. The van der Waals surface area contributed by atoms with Gasteiger partial charge in [0.05, 0.1) is 6.42 Å². The van der Waals surface area contributed by atoms with E-state index >= 15 is 0 Å². The molecule has 0 aromatic heterocycles. The van der Waals surface area contributed by atoms with Crippen LogP contribution in [-0.2, 0) is 11.2 Å². The third kappa shape index (κ3) is 4.14. The van der Waals surface area contributed by atoms with Crippen LogP contribution in [0.25, 0.3) is 0 Å². The maximum atomic E-state index is 11.8. The second kappa shape index (κ2) is 6.43. The van der Waals surface area contributed by atoms with E-state index in [0.29, 0.717) is 6.42 Å². The monoisotopic (exact) mass is 238 g/mol. The number of likely N-dealkylation sites (N-methyl/N-ethyl adjacent to an activating group) is 1. The van der Waals surface area contributed by atoms with E-state index in [0.717, 1.165) is 23.5 Å². The van der Waals surface area contributed by atoms with E-state index in [1.807, 2.05) is 37.6 Å². The van der Waals surface area contributed by atoms with Crippen LogP contribution in [0.2, 0.25) is 0 Å². The first-order chi connectivity index (χ1) is 7.63. The molecule has 1 aromatic carbocycles. The van der Waals surface area contributed by atoms with Crippen LogP contribution >= 0.6 is 11.8 Å². The van der Waals surface area contributed by atoms with Crippen LogP contribution < -0.4 is 5.73 Å². The normalized spacial score (nSPS) is 10.1. The van der Waals surface area contributed by atoms with E-state index in [4.69, 9.17) is 5.73 Å². The Bertz CT molecular complexity index is 337. The number of amides is 1. The minimum Gasteiger partial charge on any atom is -0.399 e. The summed E-state index contributed by atoms with van der Waals surface area (Å²) < 4.78 is 0. The van der Waals surface area contributed by atoms with Gasteiger partial charge < -0.3 is 10.6 Å². The molecule has 3 nitrogen and oxygen atoms in total. The summed E-state index contributed by atoms with van der Waals surface area (Å²) in [5, 5.41) is 0. The molecule has 4 heteroatoms. The Kier molecular flexibility index (Phi) is 5.19. The molecule has 0 heterocycles. The van der Waals surface area contributed by atoms with Crippen LogP contribution in [0.5, 0.6) is 0 Å². The van der Waals surface area contributed by atoms with E-state index in [2.05, 4.69) is 0 Å². The van der Waals surface area contributed by atoms with Gasteiger partial charge in [-0.3, -0.25) is 4.79 Å². The van der Waals surface area contributed by atoms with Crippen LogP contribution in [0.1, 0.15) is 5.56 Å². The SMILES string of the molecule is CSCCN(C)C(=O)Cc1ccc(N)cc1. The summed E-state index contributed by atoms with van der Waals surface area (Å²) in [7, 11) is 1.84. The largest absolute Gasteiger partial charge is 0.399 e. The molecule has 1 rings (SSSR count). The van der Waals surface area contributed by atoms with Crippen LogP contribution in [-0.4, -0.2) is 36.4 Å². The Hall–Kier alpha value is -1.16. The summed E-state index contributed by atoms with van der Waals surface area (Å²) in [5.41, 5.74) is 7.32. The van der Waals surface area contributed by atoms with E-state index in [-0.39, 0.29) is 5.91 Å². The molecule has 1 amide bonds. The zero-order chi connectivity index (χ0) is 12.0. The number of nitrogen functional groups attached to an aromatic ring is 1. The van der Waals surface area contributed by atoms with E-state index in [9.17, 15) is 4.79 Å². The number of hydrogen-bond acceptors (Lipinski definition) is 3. The van der Waals surface area contributed by atoms with Gasteiger partial charge in [0.15, 0.2) is 0 Å². The third-order valence-corrected chi connectivity index (χ3v) is 2.98. The highest BCUT2D eigenvalue weighted by atomic mass is 32.2. The van der Waals surface area contributed by atoms with Crippen LogP contribution in [0.15, 0.2) is 24.3 Å². The fourth-order valence-electron chi connectivity index (χ4n) is 1.30. The lowest BCUT2D eigenvalue weighted by molar-refractivity contribution is -0.128. The summed E-state index contributed by atoms with van der Waals surface area (Å²) in [6.07, 6.45) is 2.49. The number of nitrogens with zero attached hydrogens (tertiary/aromatic N) is 1. The molecular formula is C12H18N2OS. The highest BCUT2D eigenvalue weighted by molar-refractivity contribution is 7.98. The maximum Gasteiger partial charge on any atom is 0.226 e. The molecule has 2 N–H and O–H groups in total. The molecule has 0 aliphatic rings. The van der Waals surface area contributed by atoms with Gasteiger partial charge in [-0.25, -0.2) is 0 Å². The minimum absolute atomic E-state index is 0.152. The molecule has 0 aliphatic heterocycles. The molecule has 0 atom stereocenters. The van der Waals surface area contributed by atoms with Crippen molar-refractivity contribution in [2.24, 2.45) is 0 Å². The van der Waals surface area contributed by atoms with Crippen molar-refractivity contribution in [2.75, 3.05) is 31.3 Å². The Balaban J connectivity index is 2.47. The molecule has 0 aliphatic carbocycles. The van der Waals surface area contributed by atoms with Crippen molar-refractivity contribution >= 4 is 23.4 Å². The fourth-order valence-corrected chi connectivity index (χ4v) is 1.75. The summed E-state index contributed by atoms with van der Waals surface area (Å²) >= 11 is 1.75. The van der Waals surface area contributed by atoms with Crippen molar-refractivity contribution in [1.82, 2.24) is 4.90 Å². The first-order valence-corrected chi connectivity index (χ1v) is 6.60. The molecule has 0 fully saturated rings. The van der Waals surface area contributed by atoms with E-state index in [1.54, 1.807) is 16.7 Å². The molecular weight excluding hydrogens is 220 g/mol. The average molecular weight is 238 g/mol. The lowest BCUT2D eigenvalue weighted by atomic mass is 10.1. The van der Waals surface area contributed by atoms with Crippen LogP contribution in [0.3, 0.4) is 0 Å². The van der Waals surface area contributed by atoms with Crippen molar-refractivity contribution in [3.05, 3.63) is 29.8 Å². The Morgan fingerprint density at radius 3 is 2.56 bits per heavy atom. The number of thioether (sulfide) groups is 1. The van der Waals surface area contributed by atoms with Crippen molar-refractivity contribution in [1.29, 1.82) is 0 Å². The zero-order valence-electron chi connectivity index (χ0n) is 9.77. The van der Waals surface area contributed by atoms with Gasteiger partial charge in [0.1, 0.15) is 0 Å². The van der Waals surface area contributed by atoms with Crippen LogP contribution in [0, 0.1) is 0 Å². The Morgan fingerprint density at radius 2 is 2.00 bits per heavy atom. The second-order valence-electron chi connectivity index (χ2n) is 3.73.